The van der Waals surface area contributed by atoms with Crippen molar-refractivity contribution in [3.63, 3.8) is 0 Å². The highest BCUT2D eigenvalue weighted by atomic mass is 32.2. The number of rotatable bonds is 3. The first-order valence-electron chi connectivity index (χ1n) is 5.79. The first-order chi connectivity index (χ1) is 7.55. The molecule has 2 heterocycles. The molecular formula is C10H20N2O3S. The lowest BCUT2D eigenvalue weighted by atomic mass is 10.2. The second kappa shape index (κ2) is 5.00. The Hall–Kier alpha value is -0.170. The van der Waals surface area contributed by atoms with Gasteiger partial charge < -0.3 is 15.0 Å². The lowest BCUT2D eigenvalue weighted by Crippen LogP contribution is -2.47. The molecule has 0 spiro atoms. The summed E-state index contributed by atoms with van der Waals surface area (Å²) in [5, 5.41) is 3.30. The summed E-state index contributed by atoms with van der Waals surface area (Å²) in [6.45, 7) is 3.43. The maximum absolute atomic E-state index is 11.3. The van der Waals surface area contributed by atoms with Crippen LogP contribution in [0.5, 0.6) is 0 Å². The molecule has 2 atom stereocenters. The van der Waals surface area contributed by atoms with Crippen LogP contribution in [0.3, 0.4) is 0 Å². The fourth-order valence-electron chi connectivity index (χ4n) is 2.24. The average Bonchev–Trinajstić information content (AvgIpc) is 2.56. The zero-order valence-electron chi connectivity index (χ0n) is 9.68. The highest BCUT2D eigenvalue weighted by Gasteiger charge is 2.28. The summed E-state index contributed by atoms with van der Waals surface area (Å²) in [4.78, 5) is 2.24. The molecule has 0 aromatic rings. The fraction of sp³-hybridized carbons (Fsp3) is 1.00. The Morgan fingerprint density at radius 1 is 1.50 bits per heavy atom. The van der Waals surface area contributed by atoms with Crippen LogP contribution in [0.2, 0.25) is 0 Å². The van der Waals surface area contributed by atoms with Crippen molar-refractivity contribution in [1.29, 1.82) is 0 Å². The van der Waals surface area contributed by atoms with Gasteiger partial charge in [0.2, 0.25) is 0 Å². The van der Waals surface area contributed by atoms with Crippen molar-refractivity contribution >= 4 is 9.84 Å². The minimum Gasteiger partial charge on any atom is -0.374 e. The van der Waals surface area contributed by atoms with Gasteiger partial charge in [-0.1, -0.05) is 0 Å². The largest absolute Gasteiger partial charge is 0.374 e. The van der Waals surface area contributed by atoms with E-state index < -0.39 is 9.84 Å². The van der Waals surface area contributed by atoms with Crippen molar-refractivity contribution in [3.05, 3.63) is 0 Å². The van der Waals surface area contributed by atoms with Crippen LogP contribution in [0, 0.1) is 0 Å². The monoisotopic (exact) mass is 248 g/mol. The molecule has 2 aliphatic rings. The second-order valence-corrected chi connectivity index (χ2v) is 6.99. The van der Waals surface area contributed by atoms with Crippen molar-refractivity contribution < 1.29 is 13.2 Å². The van der Waals surface area contributed by atoms with Crippen molar-refractivity contribution in [2.45, 2.75) is 18.6 Å². The summed E-state index contributed by atoms with van der Waals surface area (Å²) in [6.07, 6.45) is 0.937. The third-order valence-corrected chi connectivity index (χ3v) is 4.98. The van der Waals surface area contributed by atoms with Gasteiger partial charge in [-0.2, -0.15) is 0 Å². The Morgan fingerprint density at radius 2 is 2.31 bits per heavy atom. The maximum Gasteiger partial charge on any atom is 0.151 e. The predicted molar refractivity (Wildman–Crippen MR) is 62.3 cm³/mol. The molecular weight excluding hydrogens is 228 g/mol. The molecule has 5 nitrogen and oxygen atoms in total. The van der Waals surface area contributed by atoms with Crippen LogP contribution >= 0.6 is 0 Å². The molecule has 0 aliphatic carbocycles. The number of sulfone groups is 1. The number of nitrogens with one attached hydrogen (secondary N) is 1. The van der Waals surface area contributed by atoms with Crippen LogP contribution in [-0.4, -0.2) is 70.3 Å². The zero-order valence-corrected chi connectivity index (χ0v) is 10.5. The zero-order chi connectivity index (χ0) is 11.6. The topological polar surface area (TPSA) is 58.6 Å². The number of morpholine rings is 1. The Labute approximate surface area is 97.1 Å². The highest BCUT2D eigenvalue weighted by Crippen LogP contribution is 2.11. The van der Waals surface area contributed by atoms with Crippen LogP contribution < -0.4 is 5.32 Å². The molecule has 6 heteroatoms. The second-order valence-electron chi connectivity index (χ2n) is 4.76. The Bertz CT molecular complexity index is 331. The SMILES string of the molecule is CN1CCOC(CNC2CCS(=O)(=O)C2)C1. The number of nitrogens with zero attached hydrogens (tertiary/aromatic N) is 1. The Kier molecular flexibility index (Phi) is 3.84. The van der Waals surface area contributed by atoms with Gasteiger partial charge >= 0.3 is 0 Å². The molecule has 2 fully saturated rings. The summed E-state index contributed by atoms with van der Waals surface area (Å²) < 4.78 is 28.1. The van der Waals surface area contributed by atoms with Crippen LogP contribution in [0.1, 0.15) is 6.42 Å². The summed E-state index contributed by atoms with van der Waals surface area (Å²) in [6, 6.07) is 0.126. The summed E-state index contributed by atoms with van der Waals surface area (Å²) in [5.74, 6) is 0.617. The van der Waals surface area contributed by atoms with E-state index in [1.807, 2.05) is 0 Å². The van der Waals surface area contributed by atoms with E-state index in [1.54, 1.807) is 0 Å². The first kappa shape index (κ1) is 12.3. The summed E-state index contributed by atoms with van der Waals surface area (Å²) in [5.41, 5.74) is 0. The first-order valence-corrected chi connectivity index (χ1v) is 7.61. The maximum atomic E-state index is 11.3. The Balaban J connectivity index is 1.71. The van der Waals surface area contributed by atoms with Gasteiger partial charge in [0.15, 0.2) is 9.84 Å². The van der Waals surface area contributed by atoms with Gasteiger partial charge in [0.1, 0.15) is 0 Å². The van der Waals surface area contributed by atoms with Gasteiger partial charge in [-0.3, -0.25) is 0 Å². The van der Waals surface area contributed by atoms with Crippen LogP contribution in [0.4, 0.5) is 0 Å². The molecule has 0 bridgehead atoms. The van der Waals surface area contributed by atoms with Crippen LogP contribution in [0.15, 0.2) is 0 Å². The lowest BCUT2D eigenvalue weighted by Gasteiger charge is -2.30. The van der Waals surface area contributed by atoms with Gasteiger partial charge in [0.05, 0.1) is 24.2 Å². The van der Waals surface area contributed by atoms with Crippen molar-refractivity contribution in [1.82, 2.24) is 10.2 Å². The minimum absolute atomic E-state index is 0.126. The number of likely N-dealkylation sites (N-methyl/N-ethyl adjacent to an activating group) is 1. The van der Waals surface area contributed by atoms with E-state index in [0.717, 1.165) is 32.7 Å². The van der Waals surface area contributed by atoms with Crippen LogP contribution in [0.25, 0.3) is 0 Å². The smallest absolute Gasteiger partial charge is 0.151 e. The van der Waals surface area contributed by atoms with E-state index in [9.17, 15) is 8.42 Å². The van der Waals surface area contributed by atoms with E-state index >= 15 is 0 Å². The standard InChI is InChI=1S/C10H20N2O3S/c1-12-3-4-15-10(7-12)6-11-9-2-5-16(13,14)8-9/h9-11H,2-8H2,1H3. The molecule has 94 valence electrons. The normalized spacial score (nSPS) is 35.3. The van der Waals surface area contributed by atoms with E-state index in [4.69, 9.17) is 4.74 Å². The average molecular weight is 248 g/mol. The molecule has 2 aliphatic heterocycles. The fourth-order valence-corrected chi connectivity index (χ4v) is 3.95. The van der Waals surface area contributed by atoms with Crippen molar-refractivity contribution in [2.75, 3.05) is 44.8 Å². The summed E-state index contributed by atoms with van der Waals surface area (Å²) in [7, 11) is -0.694. The summed E-state index contributed by atoms with van der Waals surface area (Å²) >= 11 is 0. The Morgan fingerprint density at radius 3 is 2.94 bits per heavy atom. The van der Waals surface area contributed by atoms with Gasteiger partial charge in [0.25, 0.3) is 0 Å². The van der Waals surface area contributed by atoms with E-state index in [1.165, 1.54) is 0 Å². The predicted octanol–water partition coefficient (Wildman–Crippen LogP) is -0.906. The van der Waals surface area contributed by atoms with Gasteiger partial charge in [-0.25, -0.2) is 8.42 Å². The number of hydrogen-bond acceptors (Lipinski definition) is 5. The highest BCUT2D eigenvalue weighted by molar-refractivity contribution is 7.91. The lowest BCUT2D eigenvalue weighted by molar-refractivity contribution is -0.0189. The molecule has 0 saturated carbocycles. The molecule has 2 unspecified atom stereocenters. The van der Waals surface area contributed by atoms with Crippen molar-refractivity contribution in [3.8, 4) is 0 Å². The number of hydrogen-bond donors (Lipinski definition) is 1. The molecule has 2 rings (SSSR count). The third-order valence-electron chi connectivity index (χ3n) is 3.21. The molecule has 0 aromatic carbocycles. The van der Waals surface area contributed by atoms with Gasteiger partial charge in [-0.05, 0) is 13.5 Å². The van der Waals surface area contributed by atoms with Crippen LogP contribution in [-0.2, 0) is 14.6 Å². The molecule has 1 N–H and O–H groups in total. The molecule has 0 aromatic heterocycles. The molecule has 2 saturated heterocycles. The molecule has 0 amide bonds. The van der Waals surface area contributed by atoms with E-state index in [2.05, 4.69) is 17.3 Å². The third kappa shape index (κ3) is 3.41. The van der Waals surface area contributed by atoms with Gasteiger partial charge in [-0.15, -0.1) is 0 Å². The van der Waals surface area contributed by atoms with Gasteiger partial charge in [0, 0.05) is 25.7 Å². The van der Waals surface area contributed by atoms with Crippen molar-refractivity contribution in [2.24, 2.45) is 0 Å². The quantitative estimate of drug-likeness (QED) is 0.701. The van der Waals surface area contributed by atoms with E-state index in [-0.39, 0.29) is 17.9 Å². The molecule has 0 radical (unpaired) electrons. The minimum atomic E-state index is -2.77. The van der Waals surface area contributed by atoms with E-state index in [0.29, 0.717) is 5.75 Å². The number of ether oxygens (including phenoxy) is 1. The molecule has 16 heavy (non-hydrogen) atoms.